The second kappa shape index (κ2) is 8.30. The van der Waals surface area contributed by atoms with Crippen LogP contribution in [0.2, 0.25) is 0 Å². The predicted octanol–water partition coefficient (Wildman–Crippen LogP) is 1.30. The van der Waals surface area contributed by atoms with Crippen LogP contribution < -0.4 is 10.6 Å². The standard InChI is InChI=1S/C16H22N2O6/c1-16(2,3)24-15(22)17-11-7-5-10(6-8-11)13(20)18-12(9-19)14(21)23-4/h5-8,12,19H,9H2,1-4H3,(H,17,22)(H,18,20)/t12-/m1/s1. The van der Waals surface area contributed by atoms with Crippen LogP contribution in [-0.4, -0.2) is 48.4 Å². The molecule has 0 heterocycles. The highest BCUT2D eigenvalue weighted by atomic mass is 16.6. The molecule has 0 spiro atoms. The Morgan fingerprint density at radius 2 is 1.75 bits per heavy atom. The van der Waals surface area contributed by atoms with E-state index in [1.807, 2.05) is 0 Å². The average Bonchev–Trinajstić information content (AvgIpc) is 2.50. The molecule has 8 heteroatoms. The highest BCUT2D eigenvalue weighted by molar-refractivity contribution is 5.97. The van der Waals surface area contributed by atoms with Crippen molar-refractivity contribution in [2.75, 3.05) is 19.0 Å². The molecular weight excluding hydrogens is 316 g/mol. The molecule has 0 aliphatic carbocycles. The lowest BCUT2D eigenvalue weighted by Gasteiger charge is -2.19. The molecule has 2 amide bonds. The molecule has 0 aromatic heterocycles. The fourth-order valence-electron chi connectivity index (χ4n) is 1.69. The van der Waals surface area contributed by atoms with Gasteiger partial charge in [0.05, 0.1) is 13.7 Å². The second-order valence-electron chi connectivity index (χ2n) is 5.94. The zero-order valence-corrected chi connectivity index (χ0v) is 14.1. The highest BCUT2D eigenvalue weighted by Crippen LogP contribution is 2.13. The largest absolute Gasteiger partial charge is 0.467 e. The van der Waals surface area contributed by atoms with Crippen LogP contribution in [0.1, 0.15) is 31.1 Å². The van der Waals surface area contributed by atoms with Crippen molar-refractivity contribution >= 4 is 23.7 Å². The fraction of sp³-hybridized carbons (Fsp3) is 0.438. The summed E-state index contributed by atoms with van der Waals surface area (Å²) < 4.78 is 9.58. The van der Waals surface area contributed by atoms with E-state index in [9.17, 15) is 14.4 Å². The molecule has 24 heavy (non-hydrogen) atoms. The number of carbonyl (C=O) groups is 3. The van der Waals surface area contributed by atoms with Crippen LogP contribution in [0.5, 0.6) is 0 Å². The summed E-state index contributed by atoms with van der Waals surface area (Å²) in [5.74, 6) is -1.29. The smallest absolute Gasteiger partial charge is 0.412 e. The van der Waals surface area contributed by atoms with E-state index in [1.165, 1.54) is 24.3 Å². The third-order valence-corrected chi connectivity index (χ3v) is 2.77. The molecule has 0 unspecified atom stereocenters. The van der Waals surface area contributed by atoms with Gasteiger partial charge in [0.15, 0.2) is 6.04 Å². The Kier molecular flexibility index (Phi) is 6.72. The van der Waals surface area contributed by atoms with Gasteiger partial charge in [-0.25, -0.2) is 9.59 Å². The first kappa shape index (κ1) is 19.4. The first-order valence-electron chi connectivity index (χ1n) is 7.26. The number of nitrogens with one attached hydrogen (secondary N) is 2. The number of hydrogen-bond donors (Lipinski definition) is 3. The number of hydrogen-bond acceptors (Lipinski definition) is 6. The van der Waals surface area contributed by atoms with Gasteiger partial charge >= 0.3 is 12.1 Å². The lowest BCUT2D eigenvalue weighted by molar-refractivity contribution is -0.143. The number of ether oxygens (including phenoxy) is 2. The van der Waals surface area contributed by atoms with Gasteiger partial charge in [-0.2, -0.15) is 0 Å². The summed E-state index contributed by atoms with van der Waals surface area (Å²) in [5, 5.41) is 14.0. The van der Waals surface area contributed by atoms with E-state index in [0.29, 0.717) is 5.69 Å². The van der Waals surface area contributed by atoms with Crippen LogP contribution >= 0.6 is 0 Å². The van der Waals surface area contributed by atoms with Gasteiger partial charge in [-0.3, -0.25) is 10.1 Å². The lowest BCUT2D eigenvalue weighted by atomic mass is 10.1. The molecule has 1 aromatic rings. The number of methoxy groups -OCH3 is 1. The van der Waals surface area contributed by atoms with Crippen molar-refractivity contribution in [2.24, 2.45) is 0 Å². The predicted molar refractivity (Wildman–Crippen MR) is 86.7 cm³/mol. The number of benzene rings is 1. The minimum Gasteiger partial charge on any atom is -0.467 e. The Labute approximate surface area is 140 Å². The first-order valence-corrected chi connectivity index (χ1v) is 7.26. The molecule has 1 atom stereocenters. The summed E-state index contributed by atoms with van der Waals surface area (Å²) in [7, 11) is 1.16. The molecule has 0 fully saturated rings. The minimum atomic E-state index is -1.14. The summed E-state index contributed by atoms with van der Waals surface area (Å²) in [4.78, 5) is 35.0. The van der Waals surface area contributed by atoms with Crippen molar-refractivity contribution in [1.82, 2.24) is 5.32 Å². The maximum Gasteiger partial charge on any atom is 0.412 e. The molecule has 0 bridgehead atoms. The molecule has 0 saturated carbocycles. The van der Waals surface area contributed by atoms with Crippen molar-refractivity contribution < 1.29 is 29.0 Å². The third kappa shape index (κ3) is 6.25. The zero-order chi connectivity index (χ0) is 18.3. The molecule has 3 N–H and O–H groups in total. The van der Waals surface area contributed by atoms with Crippen molar-refractivity contribution in [1.29, 1.82) is 0 Å². The summed E-state index contributed by atoms with van der Waals surface area (Å²) in [6.45, 7) is 4.67. The monoisotopic (exact) mass is 338 g/mol. The summed E-state index contributed by atoms with van der Waals surface area (Å²) in [6, 6.07) is 4.83. The van der Waals surface area contributed by atoms with E-state index >= 15 is 0 Å². The zero-order valence-electron chi connectivity index (χ0n) is 14.1. The lowest BCUT2D eigenvalue weighted by Crippen LogP contribution is -2.44. The molecule has 132 valence electrons. The van der Waals surface area contributed by atoms with E-state index < -0.39 is 36.2 Å². The Bertz CT molecular complexity index is 592. The van der Waals surface area contributed by atoms with Gasteiger partial charge in [0.1, 0.15) is 5.60 Å². The van der Waals surface area contributed by atoms with E-state index in [-0.39, 0.29) is 5.56 Å². The third-order valence-electron chi connectivity index (χ3n) is 2.77. The normalized spacial score (nSPS) is 12.0. The van der Waals surface area contributed by atoms with Crippen LogP contribution in [0.15, 0.2) is 24.3 Å². The Hall–Kier alpha value is -2.61. The van der Waals surface area contributed by atoms with Crippen molar-refractivity contribution in [3.8, 4) is 0 Å². The van der Waals surface area contributed by atoms with E-state index in [4.69, 9.17) is 9.84 Å². The molecule has 0 aliphatic heterocycles. The summed E-state index contributed by atoms with van der Waals surface area (Å²) in [6.07, 6.45) is -0.606. The Balaban J connectivity index is 2.68. The minimum absolute atomic E-state index is 0.257. The molecule has 0 saturated heterocycles. The van der Waals surface area contributed by atoms with Crippen LogP contribution in [-0.2, 0) is 14.3 Å². The summed E-state index contributed by atoms with van der Waals surface area (Å²) in [5.41, 5.74) is 0.0939. The number of amides is 2. The molecule has 1 aromatic carbocycles. The van der Waals surface area contributed by atoms with Crippen molar-refractivity contribution in [3.63, 3.8) is 0 Å². The van der Waals surface area contributed by atoms with Gasteiger partial charge in [0, 0.05) is 11.3 Å². The number of rotatable bonds is 5. The molecule has 0 radical (unpaired) electrons. The van der Waals surface area contributed by atoms with Gasteiger partial charge in [0.2, 0.25) is 0 Å². The molecule has 8 nitrogen and oxygen atoms in total. The van der Waals surface area contributed by atoms with Gasteiger partial charge in [0.25, 0.3) is 5.91 Å². The van der Waals surface area contributed by atoms with Crippen LogP contribution in [0.4, 0.5) is 10.5 Å². The number of anilines is 1. The molecule has 0 aliphatic rings. The molecular formula is C16H22N2O6. The Morgan fingerprint density at radius 1 is 1.17 bits per heavy atom. The van der Waals surface area contributed by atoms with Gasteiger partial charge < -0.3 is 19.9 Å². The van der Waals surface area contributed by atoms with Crippen molar-refractivity contribution in [2.45, 2.75) is 32.4 Å². The van der Waals surface area contributed by atoms with E-state index in [1.54, 1.807) is 20.8 Å². The van der Waals surface area contributed by atoms with Crippen molar-refractivity contribution in [3.05, 3.63) is 29.8 Å². The fourth-order valence-corrected chi connectivity index (χ4v) is 1.69. The van der Waals surface area contributed by atoms with Gasteiger partial charge in [-0.05, 0) is 45.0 Å². The van der Waals surface area contributed by atoms with E-state index in [2.05, 4.69) is 15.4 Å². The van der Waals surface area contributed by atoms with Crippen LogP contribution in [0, 0.1) is 0 Å². The number of aliphatic hydroxyl groups is 1. The van der Waals surface area contributed by atoms with Gasteiger partial charge in [-0.15, -0.1) is 0 Å². The highest BCUT2D eigenvalue weighted by Gasteiger charge is 2.21. The number of esters is 1. The Morgan fingerprint density at radius 3 is 2.21 bits per heavy atom. The van der Waals surface area contributed by atoms with E-state index in [0.717, 1.165) is 7.11 Å². The first-order chi connectivity index (χ1) is 11.2. The van der Waals surface area contributed by atoms with Crippen LogP contribution in [0.3, 0.4) is 0 Å². The number of carbonyl (C=O) groups excluding carboxylic acids is 3. The van der Waals surface area contributed by atoms with Crippen LogP contribution in [0.25, 0.3) is 0 Å². The van der Waals surface area contributed by atoms with Gasteiger partial charge in [-0.1, -0.05) is 0 Å². The average molecular weight is 338 g/mol. The second-order valence-corrected chi connectivity index (χ2v) is 5.94. The summed E-state index contributed by atoms with van der Waals surface area (Å²) >= 11 is 0. The SMILES string of the molecule is COC(=O)[C@@H](CO)NC(=O)c1ccc(NC(=O)OC(C)(C)C)cc1. The molecule has 1 rings (SSSR count). The topological polar surface area (TPSA) is 114 Å². The number of aliphatic hydroxyl groups excluding tert-OH is 1. The maximum atomic E-state index is 12.0. The quantitative estimate of drug-likeness (QED) is 0.697. The maximum absolute atomic E-state index is 12.0.